The molecule has 7 nitrogen and oxygen atoms in total. The number of rotatable bonds is 8. The molecule has 2 amide bonds. The van der Waals surface area contributed by atoms with Crippen molar-refractivity contribution < 1.29 is 23.9 Å². The molecular weight excluding hydrogens is 324 g/mol. The molecule has 7 heteroatoms. The molecule has 0 bridgehead atoms. The number of benzene rings is 1. The van der Waals surface area contributed by atoms with Crippen LogP contribution in [0.1, 0.15) is 31.1 Å². The molecule has 0 aliphatic rings. The molecule has 0 fully saturated rings. The molecule has 1 rings (SSSR count). The highest BCUT2D eigenvalue weighted by Gasteiger charge is 2.28. The summed E-state index contributed by atoms with van der Waals surface area (Å²) >= 11 is 0. The van der Waals surface area contributed by atoms with Gasteiger partial charge in [0.25, 0.3) is 5.91 Å². The fourth-order valence-electron chi connectivity index (χ4n) is 2.20. The first-order chi connectivity index (χ1) is 11.8. The number of hydrogen-bond donors (Lipinski definition) is 1. The molecular formula is C18H26N2O5. The lowest BCUT2D eigenvalue weighted by Gasteiger charge is -2.26. The number of hydrogen-bond acceptors (Lipinski definition) is 5. The Balaban J connectivity index is 2.79. The highest BCUT2D eigenvalue weighted by Crippen LogP contribution is 2.12. The van der Waals surface area contributed by atoms with E-state index >= 15 is 0 Å². The lowest BCUT2D eigenvalue weighted by atomic mass is 10.0. The Morgan fingerprint density at radius 3 is 2.24 bits per heavy atom. The van der Waals surface area contributed by atoms with E-state index in [1.54, 1.807) is 38.3 Å². The molecule has 138 valence electrons. The molecule has 0 spiro atoms. The van der Waals surface area contributed by atoms with E-state index < -0.39 is 12.0 Å². The SMILES string of the molecule is CCOC(=O)CN(C)C(=O)[C@H](NC(=O)c1ccc(OC)cc1)C(C)C. The third-order valence-electron chi connectivity index (χ3n) is 3.62. The van der Waals surface area contributed by atoms with E-state index in [2.05, 4.69) is 5.32 Å². The minimum atomic E-state index is -0.742. The molecule has 25 heavy (non-hydrogen) atoms. The lowest BCUT2D eigenvalue weighted by molar-refractivity contribution is -0.148. The van der Waals surface area contributed by atoms with Crippen LogP contribution in [-0.4, -0.2) is 56.0 Å². The topological polar surface area (TPSA) is 84.9 Å². The summed E-state index contributed by atoms with van der Waals surface area (Å²) in [5.74, 6) is -0.687. The fourth-order valence-corrected chi connectivity index (χ4v) is 2.20. The van der Waals surface area contributed by atoms with Gasteiger partial charge in [-0.25, -0.2) is 0 Å². The first kappa shape index (κ1) is 20.5. The third-order valence-corrected chi connectivity index (χ3v) is 3.62. The van der Waals surface area contributed by atoms with Crippen LogP contribution in [0.2, 0.25) is 0 Å². The van der Waals surface area contributed by atoms with Crippen LogP contribution < -0.4 is 10.1 Å². The maximum Gasteiger partial charge on any atom is 0.325 e. The van der Waals surface area contributed by atoms with Crippen molar-refractivity contribution in [1.82, 2.24) is 10.2 Å². The quantitative estimate of drug-likeness (QED) is 0.718. The molecule has 0 radical (unpaired) electrons. The molecule has 0 unspecified atom stereocenters. The Morgan fingerprint density at radius 1 is 1.16 bits per heavy atom. The molecule has 0 aromatic heterocycles. The number of nitrogens with zero attached hydrogens (tertiary/aromatic N) is 1. The smallest absolute Gasteiger partial charge is 0.325 e. The highest BCUT2D eigenvalue weighted by molar-refractivity contribution is 5.98. The van der Waals surface area contributed by atoms with Crippen molar-refractivity contribution in [3.63, 3.8) is 0 Å². The van der Waals surface area contributed by atoms with E-state index in [0.717, 1.165) is 0 Å². The number of carbonyl (C=O) groups is 3. The van der Waals surface area contributed by atoms with Gasteiger partial charge >= 0.3 is 5.97 Å². The Hall–Kier alpha value is -2.57. The number of amides is 2. The molecule has 1 N–H and O–H groups in total. The zero-order valence-electron chi connectivity index (χ0n) is 15.4. The second-order valence-electron chi connectivity index (χ2n) is 5.92. The van der Waals surface area contributed by atoms with Gasteiger partial charge in [0.15, 0.2) is 0 Å². The number of ether oxygens (including phenoxy) is 2. The minimum Gasteiger partial charge on any atom is -0.497 e. The van der Waals surface area contributed by atoms with Gasteiger partial charge in [0.05, 0.1) is 13.7 Å². The molecule has 0 heterocycles. The van der Waals surface area contributed by atoms with Gasteiger partial charge in [-0.2, -0.15) is 0 Å². The molecule has 0 aliphatic heterocycles. The van der Waals surface area contributed by atoms with Gasteiger partial charge in [0.1, 0.15) is 18.3 Å². The number of likely N-dealkylation sites (N-methyl/N-ethyl adjacent to an activating group) is 1. The lowest BCUT2D eigenvalue weighted by Crippen LogP contribution is -2.51. The van der Waals surface area contributed by atoms with Crippen LogP contribution in [0, 0.1) is 5.92 Å². The van der Waals surface area contributed by atoms with Crippen molar-refractivity contribution in [2.24, 2.45) is 5.92 Å². The summed E-state index contributed by atoms with van der Waals surface area (Å²) in [6.07, 6.45) is 0. The van der Waals surface area contributed by atoms with Crippen LogP contribution in [0.25, 0.3) is 0 Å². The van der Waals surface area contributed by atoms with Crippen molar-refractivity contribution in [2.75, 3.05) is 27.3 Å². The Kier molecular flexibility index (Phi) is 7.91. The molecule has 0 aliphatic carbocycles. The van der Waals surface area contributed by atoms with Gasteiger partial charge in [0.2, 0.25) is 5.91 Å². The standard InChI is InChI=1S/C18H26N2O5/c1-6-25-15(21)11-20(4)18(23)16(12(2)3)19-17(22)13-7-9-14(24-5)10-8-13/h7-10,12,16H,6,11H2,1-5H3,(H,19,22)/t16-/m1/s1. The largest absolute Gasteiger partial charge is 0.497 e. The van der Waals surface area contributed by atoms with E-state index in [9.17, 15) is 14.4 Å². The summed E-state index contributed by atoms with van der Waals surface area (Å²) in [7, 11) is 3.05. The second-order valence-corrected chi connectivity index (χ2v) is 5.92. The van der Waals surface area contributed by atoms with Crippen LogP contribution in [0.15, 0.2) is 24.3 Å². The first-order valence-electron chi connectivity index (χ1n) is 8.15. The number of esters is 1. The normalized spacial score (nSPS) is 11.6. The van der Waals surface area contributed by atoms with Crippen LogP contribution in [-0.2, 0) is 14.3 Å². The zero-order valence-corrected chi connectivity index (χ0v) is 15.4. The van der Waals surface area contributed by atoms with Gasteiger partial charge < -0.3 is 19.7 Å². The predicted molar refractivity (Wildman–Crippen MR) is 93.4 cm³/mol. The number of carbonyl (C=O) groups excluding carboxylic acids is 3. The summed E-state index contributed by atoms with van der Waals surface area (Å²) in [5.41, 5.74) is 0.423. The Morgan fingerprint density at radius 2 is 1.76 bits per heavy atom. The van der Waals surface area contributed by atoms with Crippen LogP contribution in [0.4, 0.5) is 0 Å². The van der Waals surface area contributed by atoms with Gasteiger partial charge in [0, 0.05) is 12.6 Å². The zero-order chi connectivity index (χ0) is 19.0. The van der Waals surface area contributed by atoms with Crippen LogP contribution in [0.5, 0.6) is 5.75 Å². The average Bonchev–Trinajstić information content (AvgIpc) is 2.58. The van der Waals surface area contributed by atoms with Crippen molar-refractivity contribution in [2.45, 2.75) is 26.8 Å². The third kappa shape index (κ3) is 6.10. The molecule has 0 saturated carbocycles. The van der Waals surface area contributed by atoms with E-state index in [1.165, 1.54) is 11.9 Å². The van der Waals surface area contributed by atoms with E-state index in [-0.39, 0.29) is 30.9 Å². The monoisotopic (exact) mass is 350 g/mol. The maximum absolute atomic E-state index is 12.6. The van der Waals surface area contributed by atoms with Crippen LogP contribution in [0.3, 0.4) is 0 Å². The fraction of sp³-hybridized carbons (Fsp3) is 0.500. The molecule has 1 aromatic rings. The summed E-state index contributed by atoms with van der Waals surface area (Å²) in [4.78, 5) is 37.8. The van der Waals surface area contributed by atoms with Gasteiger partial charge in [-0.3, -0.25) is 14.4 Å². The first-order valence-corrected chi connectivity index (χ1v) is 8.15. The molecule has 1 aromatic carbocycles. The highest BCUT2D eigenvalue weighted by atomic mass is 16.5. The van der Waals surface area contributed by atoms with E-state index in [1.807, 2.05) is 13.8 Å². The summed E-state index contributed by atoms with van der Waals surface area (Å²) in [6, 6.07) is 5.85. The molecule has 1 atom stereocenters. The maximum atomic E-state index is 12.6. The van der Waals surface area contributed by atoms with Crippen molar-refractivity contribution in [3.8, 4) is 5.75 Å². The van der Waals surface area contributed by atoms with Crippen molar-refractivity contribution in [1.29, 1.82) is 0 Å². The minimum absolute atomic E-state index is 0.139. The van der Waals surface area contributed by atoms with E-state index in [4.69, 9.17) is 9.47 Å². The summed E-state index contributed by atoms with van der Waals surface area (Å²) in [6.45, 7) is 5.45. The van der Waals surface area contributed by atoms with Gasteiger partial charge in [-0.05, 0) is 37.1 Å². The predicted octanol–water partition coefficient (Wildman–Crippen LogP) is 1.47. The number of methoxy groups -OCH3 is 1. The second kappa shape index (κ2) is 9.66. The van der Waals surface area contributed by atoms with Crippen LogP contribution >= 0.6 is 0 Å². The summed E-state index contributed by atoms with van der Waals surface area (Å²) in [5, 5.41) is 2.73. The Bertz CT molecular complexity index is 598. The van der Waals surface area contributed by atoms with Crippen molar-refractivity contribution in [3.05, 3.63) is 29.8 Å². The Labute approximate surface area is 148 Å². The van der Waals surface area contributed by atoms with Gasteiger partial charge in [-0.1, -0.05) is 13.8 Å². The van der Waals surface area contributed by atoms with Crippen molar-refractivity contribution >= 4 is 17.8 Å². The van der Waals surface area contributed by atoms with Gasteiger partial charge in [-0.15, -0.1) is 0 Å². The number of nitrogens with one attached hydrogen (secondary N) is 1. The summed E-state index contributed by atoms with van der Waals surface area (Å²) < 4.78 is 9.90. The van der Waals surface area contributed by atoms with E-state index in [0.29, 0.717) is 11.3 Å². The molecule has 0 saturated heterocycles. The average molecular weight is 350 g/mol.